The Morgan fingerprint density at radius 1 is 1.07 bits per heavy atom. The summed E-state index contributed by atoms with van der Waals surface area (Å²) in [4.78, 5) is 19.9. The lowest BCUT2D eigenvalue weighted by Gasteiger charge is -2.20. The van der Waals surface area contributed by atoms with Crippen LogP contribution < -0.4 is 0 Å². The van der Waals surface area contributed by atoms with Crippen LogP contribution in [-0.4, -0.2) is 43.5 Å². The van der Waals surface area contributed by atoms with E-state index in [4.69, 9.17) is 0 Å². The number of aryl methyl sites for hydroxylation is 1. The van der Waals surface area contributed by atoms with Gasteiger partial charge in [-0.15, -0.1) is 10.2 Å². The van der Waals surface area contributed by atoms with Crippen LogP contribution in [0.4, 0.5) is 0 Å². The second kappa shape index (κ2) is 8.97. The van der Waals surface area contributed by atoms with Crippen molar-refractivity contribution in [1.82, 2.24) is 24.6 Å². The summed E-state index contributed by atoms with van der Waals surface area (Å²) in [5, 5.41) is 8.77. The average molecular weight is 454 g/mol. The first-order valence-corrected chi connectivity index (χ1v) is 10.8. The number of ketones is 1. The van der Waals surface area contributed by atoms with Crippen LogP contribution in [-0.2, 0) is 6.54 Å². The molecule has 0 unspecified atom stereocenters. The van der Waals surface area contributed by atoms with Gasteiger partial charge in [0.15, 0.2) is 5.82 Å². The van der Waals surface area contributed by atoms with E-state index in [1.165, 1.54) is 25.7 Å². The van der Waals surface area contributed by atoms with Crippen LogP contribution in [0.25, 0.3) is 5.69 Å². The van der Waals surface area contributed by atoms with E-state index in [1.807, 2.05) is 41.8 Å². The van der Waals surface area contributed by atoms with Crippen molar-refractivity contribution >= 4 is 21.7 Å². The lowest BCUT2D eigenvalue weighted by molar-refractivity contribution is 0.103. The fourth-order valence-corrected chi connectivity index (χ4v) is 4.20. The fraction of sp³-hybridized carbons (Fsp3) is 0.364. The third-order valence-electron chi connectivity index (χ3n) is 5.30. The number of hydrogen-bond acceptors (Lipinski definition) is 5. The van der Waals surface area contributed by atoms with Crippen molar-refractivity contribution in [3.63, 3.8) is 0 Å². The minimum Gasteiger partial charge on any atom is -0.296 e. The Bertz CT molecular complexity index is 994. The number of carbonyl (C=O) groups is 1. The highest BCUT2D eigenvalue weighted by molar-refractivity contribution is 9.10. The molecule has 29 heavy (non-hydrogen) atoms. The normalized spacial score (nSPS) is 15.2. The maximum atomic E-state index is 13.2. The topological polar surface area (TPSA) is 63.9 Å². The number of pyridine rings is 1. The predicted molar refractivity (Wildman–Crippen MR) is 115 cm³/mol. The summed E-state index contributed by atoms with van der Waals surface area (Å²) in [6, 6.07) is 11.1. The molecule has 2 aromatic heterocycles. The van der Waals surface area contributed by atoms with E-state index in [0.717, 1.165) is 41.4 Å². The van der Waals surface area contributed by atoms with Gasteiger partial charge in [-0.1, -0.05) is 34.8 Å². The van der Waals surface area contributed by atoms with Crippen molar-refractivity contribution in [2.45, 2.75) is 39.2 Å². The first-order chi connectivity index (χ1) is 14.1. The Hall–Kier alpha value is -2.38. The van der Waals surface area contributed by atoms with Crippen LogP contribution in [0, 0.1) is 6.92 Å². The zero-order valence-electron chi connectivity index (χ0n) is 16.5. The molecule has 1 aromatic carbocycles. The van der Waals surface area contributed by atoms with Gasteiger partial charge in [0.05, 0.1) is 12.2 Å². The van der Waals surface area contributed by atoms with Crippen LogP contribution in [0.1, 0.15) is 53.4 Å². The Morgan fingerprint density at radius 2 is 1.86 bits per heavy atom. The van der Waals surface area contributed by atoms with Gasteiger partial charge in [-0.25, -0.2) is 0 Å². The van der Waals surface area contributed by atoms with Crippen LogP contribution in [0.3, 0.4) is 0 Å². The van der Waals surface area contributed by atoms with Crippen LogP contribution >= 0.6 is 15.9 Å². The number of aromatic nitrogens is 4. The zero-order valence-corrected chi connectivity index (χ0v) is 18.1. The summed E-state index contributed by atoms with van der Waals surface area (Å²) in [6.45, 7) is 4.81. The number of carbonyl (C=O) groups excluding carboxylic acids is 1. The second-order valence-electron chi connectivity index (χ2n) is 7.39. The van der Waals surface area contributed by atoms with Gasteiger partial charge in [-0.05, 0) is 63.2 Å². The Balaban J connectivity index is 1.74. The number of benzene rings is 1. The van der Waals surface area contributed by atoms with Crippen molar-refractivity contribution in [2.75, 3.05) is 13.1 Å². The van der Waals surface area contributed by atoms with Gasteiger partial charge in [0.2, 0.25) is 5.78 Å². The summed E-state index contributed by atoms with van der Waals surface area (Å²) < 4.78 is 2.85. The largest absolute Gasteiger partial charge is 0.296 e. The molecule has 1 aliphatic heterocycles. The molecule has 4 rings (SSSR count). The molecule has 3 heterocycles. The van der Waals surface area contributed by atoms with Crippen LogP contribution in [0.5, 0.6) is 0 Å². The molecular formula is C22H24BrN5O. The van der Waals surface area contributed by atoms with Crippen molar-refractivity contribution in [1.29, 1.82) is 0 Å². The summed E-state index contributed by atoms with van der Waals surface area (Å²) in [7, 11) is 0. The maximum absolute atomic E-state index is 13.2. The fourth-order valence-electron chi connectivity index (χ4n) is 3.84. The van der Waals surface area contributed by atoms with Gasteiger partial charge in [0, 0.05) is 16.2 Å². The lowest BCUT2D eigenvalue weighted by atomic mass is 10.0. The van der Waals surface area contributed by atoms with Crippen molar-refractivity contribution in [3.05, 3.63) is 70.0 Å². The zero-order chi connectivity index (χ0) is 20.2. The minimum absolute atomic E-state index is 0.115. The number of rotatable bonds is 5. The number of likely N-dealkylation sites (tertiary alicyclic amines) is 1. The van der Waals surface area contributed by atoms with E-state index in [2.05, 4.69) is 36.0 Å². The van der Waals surface area contributed by atoms with Crippen LogP contribution in [0.2, 0.25) is 0 Å². The molecule has 150 valence electrons. The van der Waals surface area contributed by atoms with Gasteiger partial charge >= 0.3 is 0 Å². The molecule has 1 fully saturated rings. The molecule has 0 bridgehead atoms. The predicted octanol–water partition coefficient (Wildman–Crippen LogP) is 4.34. The Kier molecular flexibility index (Phi) is 6.16. The third-order valence-corrected chi connectivity index (χ3v) is 5.79. The summed E-state index contributed by atoms with van der Waals surface area (Å²) in [5.74, 6) is 1.52. The molecule has 6 nitrogen and oxygen atoms in total. The van der Waals surface area contributed by atoms with E-state index in [9.17, 15) is 4.79 Å². The highest BCUT2D eigenvalue weighted by Gasteiger charge is 2.22. The van der Waals surface area contributed by atoms with E-state index < -0.39 is 0 Å². The molecule has 0 saturated carbocycles. The molecule has 1 saturated heterocycles. The molecule has 0 aliphatic carbocycles. The van der Waals surface area contributed by atoms with E-state index in [0.29, 0.717) is 11.3 Å². The highest BCUT2D eigenvalue weighted by atomic mass is 79.9. The molecule has 0 atom stereocenters. The minimum atomic E-state index is -0.115. The summed E-state index contributed by atoms with van der Waals surface area (Å²) >= 11 is 3.50. The summed E-state index contributed by atoms with van der Waals surface area (Å²) in [5.41, 5.74) is 1.79. The van der Waals surface area contributed by atoms with Crippen molar-refractivity contribution in [2.24, 2.45) is 0 Å². The van der Waals surface area contributed by atoms with Gasteiger partial charge < -0.3 is 0 Å². The maximum Gasteiger partial charge on any atom is 0.213 e. The second-order valence-corrected chi connectivity index (χ2v) is 8.31. The highest BCUT2D eigenvalue weighted by Crippen LogP contribution is 2.25. The lowest BCUT2D eigenvalue weighted by Crippen LogP contribution is -2.26. The average Bonchev–Trinajstić information content (AvgIpc) is 2.93. The van der Waals surface area contributed by atoms with Crippen LogP contribution in [0.15, 0.2) is 47.1 Å². The molecule has 3 aromatic rings. The molecule has 0 radical (unpaired) electrons. The van der Waals surface area contributed by atoms with Crippen molar-refractivity contribution < 1.29 is 4.79 Å². The molecule has 0 amide bonds. The number of nitrogens with zero attached hydrogens (tertiary/aromatic N) is 5. The Morgan fingerprint density at radius 3 is 2.59 bits per heavy atom. The number of halogens is 1. The molecule has 7 heteroatoms. The molecule has 0 N–H and O–H groups in total. The molecule has 1 aliphatic rings. The molecular weight excluding hydrogens is 430 g/mol. The van der Waals surface area contributed by atoms with Gasteiger partial charge in [0.1, 0.15) is 11.5 Å². The Labute approximate surface area is 179 Å². The SMILES string of the molecule is Cc1nnc(CN2CCCCCC2)n1-c1ccc(Br)cc1C(=O)c1ccccn1. The van der Waals surface area contributed by atoms with Gasteiger partial charge in [-0.3, -0.25) is 19.2 Å². The number of hydrogen-bond donors (Lipinski definition) is 0. The monoisotopic (exact) mass is 453 g/mol. The van der Waals surface area contributed by atoms with E-state index in [-0.39, 0.29) is 5.78 Å². The standard InChI is InChI=1S/C22H24BrN5O/c1-16-25-26-21(15-27-12-6-2-3-7-13-27)28(16)20-10-9-17(23)14-18(20)22(29)19-8-4-5-11-24-19/h4-5,8-11,14H,2-3,6-7,12-13,15H2,1H3. The van der Waals surface area contributed by atoms with Gasteiger partial charge in [-0.2, -0.15) is 0 Å². The first kappa shape index (κ1) is 19.9. The summed E-state index contributed by atoms with van der Waals surface area (Å²) in [6.07, 6.45) is 6.65. The quantitative estimate of drug-likeness (QED) is 0.537. The van der Waals surface area contributed by atoms with E-state index >= 15 is 0 Å². The first-order valence-electron chi connectivity index (χ1n) is 10.0. The van der Waals surface area contributed by atoms with Gasteiger partial charge in [0.25, 0.3) is 0 Å². The third kappa shape index (κ3) is 4.46. The van der Waals surface area contributed by atoms with Crippen molar-refractivity contribution in [3.8, 4) is 5.69 Å². The molecule has 0 spiro atoms. The smallest absolute Gasteiger partial charge is 0.213 e. The van der Waals surface area contributed by atoms with E-state index in [1.54, 1.807) is 12.3 Å².